The highest BCUT2D eigenvalue weighted by molar-refractivity contribution is 5.44. The van der Waals surface area contributed by atoms with Crippen LogP contribution in [0.2, 0.25) is 0 Å². The van der Waals surface area contributed by atoms with Crippen molar-refractivity contribution in [3.63, 3.8) is 0 Å². The Bertz CT molecular complexity index is 397. The van der Waals surface area contributed by atoms with Crippen molar-refractivity contribution in [3.8, 4) is 0 Å². The summed E-state index contributed by atoms with van der Waals surface area (Å²) in [6, 6.07) is 13.7. The molecule has 1 aromatic heterocycles. The van der Waals surface area contributed by atoms with Crippen LogP contribution in [0.4, 0.5) is 5.69 Å². The van der Waals surface area contributed by atoms with Gasteiger partial charge in [0.15, 0.2) is 0 Å². The van der Waals surface area contributed by atoms with Crippen molar-refractivity contribution in [1.29, 1.82) is 0 Å². The molecule has 3 nitrogen and oxygen atoms in total. The summed E-state index contributed by atoms with van der Waals surface area (Å²) in [6.07, 6.45) is 2.27. The highest BCUT2D eigenvalue weighted by Gasteiger charge is 2.12. The van der Waals surface area contributed by atoms with Gasteiger partial charge in [-0.05, 0) is 30.7 Å². The fourth-order valence-corrected chi connectivity index (χ4v) is 1.64. The lowest BCUT2D eigenvalue weighted by molar-refractivity contribution is 0.273. The smallest absolute Gasteiger partial charge is 0.126 e. The molecule has 2 aromatic rings. The molecule has 1 atom stereocenters. The zero-order chi connectivity index (χ0) is 11.2. The molecule has 0 aliphatic heterocycles. The van der Waals surface area contributed by atoms with E-state index in [9.17, 15) is 0 Å². The second-order valence-corrected chi connectivity index (χ2v) is 3.59. The van der Waals surface area contributed by atoms with Gasteiger partial charge in [0.2, 0.25) is 0 Å². The second-order valence-electron chi connectivity index (χ2n) is 3.59. The molecule has 0 fully saturated rings. The van der Waals surface area contributed by atoms with Crippen molar-refractivity contribution >= 4 is 5.69 Å². The van der Waals surface area contributed by atoms with Crippen LogP contribution in [-0.2, 0) is 0 Å². The average molecular weight is 217 g/mol. The normalized spacial score (nSPS) is 12.3. The predicted octanol–water partition coefficient (Wildman–Crippen LogP) is 2.82. The fraction of sp³-hybridized carbons (Fsp3) is 0.231. The number of hydrogen-bond acceptors (Lipinski definition) is 3. The zero-order valence-corrected chi connectivity index (χ0v) is 8.97. The van der Waals surface area contributed by atoms with E-state index in [0.717, 1.165) is 11.4 Å². The molecule has 0 bridgehead atoms. The van der Waals surface area contributed by atoms with E-state index in [4.69, 9.17) is 9.52 Å². The van der Waals surface area contributed by atoms with E-state index in [0.29, 0.717) is 6.42 Å². The summed E-state index contributed by atoms with van der Waals surface area (Å²) in [4.78, 5) is 0. The number of furan rings is 1. The molecule has 0 spiro atoms. The topological polar surface area (TPSA) is 45.4 Å². The molecule has 0 saturated carbocycles. The molecule has 0 saturated heterocycles. The first-order valence-corrected chi connectivity index (χ1v) is 5.36. The number of para-hydroxylation sites is 1. The first kappa shape index (κ1) is 10.8. The van der Waals surface area contributed by atoms with Gasteiger partial charge in [0.25, 0.3) is 0 Å². The minimum atomic E-state index is 0.0161. The molecule has 1 aromatic carbocycles. The minimum Gasteiger partial charge on any atom is -0.467 e. The maximum absolute atomic E-state index is 9.03. The van der Waals surface area contributed by atoms with Crippen molar-refractivity contribution in [1.82, 2.24) is 0 Å². The first-order chi connectivity index (χ1) is 7.90. The van der Waals surface area contributed by atoms with Gasteiger partial charge < -0.3 is 14.8 Å². The van der Waals surface area contributed by atoms with Gasteiger partial charge >= 0.3 is 0 Å². The van der Waals surface area contributed by atoms with Crippen LogP contribution >= 0.6 is 0 Å². The first-order valence-electron chi connectivity index (χ1n) is 5.36. The molecule has 3 heteroatoms. The molecule has 1 heterocycles. The standard InChI is InChI=1S/C13H15NO2/c15-9-8-12(13-7-4-10-16-13)14-11-5-2-1-3-6-11/h1-7,10,12,14-15H,8-9H2. The Balaban J connectivity index is 2.09. The van der Waals surface area contributed by atoms with Gasteiger partial charge in [0, 0.05) is 12.3 Å². The molecule has 16 heavy (non-hydrogen) atoms. The summed E-state index contributed by atoms with van der Waals surface area (Å²) in [6.45, 7) is 0.130. The lowest BCUT2D eigenvalue weighted by Gasteiger charge is -2.16. The Hall–Kier alpha value is -1.74. The predicted molar refractivity (Wildman–Crippen MR) is 63.2 cm³/mol. The summed E-state index contributed by atoms with van der Waals surface area (Å²) in [5, 5.41) is 12.4. The van der Waals surface area contributed by atoms with E-state index in [1.165, 1.54) is 0 Å². The van der Waals surface area contributed by atoms with E-state index < -0.39 is 0 Å². The van der Waals surface area contributed by atoms with Gasteiger partial charge in [-0.3, -0.25) is 0 Å². The van der Waals surface area contributed by atoms with Gasteiger partial charge in [-0.2, -0.15) is 0 Å². The third kappa shape index (κ3) is 2.64. The Morgan fingerprint density at radius 1 is 1.12 bits per heavy atom. The maximum atomic E-state index is 9.03. The monoisotopic (exact) mass is 217 g/mol. The molecule has 2 N–H and O–H groups in total. The maximum Gasteiger partial charge on any atom is 0.126 e. The number of benzene rings is 1. The molecule has 0 aliphatic rings. The van der Waals surface area contributed by atoms with E-state index in [-0.39, 0.29) is 12.6 Å². The van der Waals surface area contributed by atoms with Gasteiger partial charge in [0.05, 0.1) is 12.3 Å². The summed E-state index contributed by atoms with van der Waals surface area (Å²) in [5.74, 6) is 0.845. The van der Waals surface area contributed by atoms with Crippen molar-refractivity contribution < 1.29 is 9.52 Å². The number of nitrogens with one attached hydrogen (secondary N) is 1. The molecule has 2 rings (SSSR count). The van der Waals surface area contributed by atoms with E-state index in [1.807, 2.05) is 42.5 Å². The second kappa shape index (κ2) is 5.37. The van der Waals surface area contributed by atoms with Gasteiger partial charge in [-0.25, -0.2) is 0 Å². The van der Waals surface area contributed by atoms with E-state index in [2.05, 4.69) is 5.32 Å². The largest absolute Gasteiger partial charge is 0.467 e. The van der Waals surface area contributed by atoms with Crippen LogP contribution in [0.25, 0.3) is 0 Å². The lowest BCUT2D eigenvalue weighted by atomic mass is 10.1. The number of rotatable bonds is 5. The van der Waals surface area contributed by atoms with Gasteiger partial charge in [-0.15, -0.1) is 0 Å². The molecular weight excluding hydrogens is 202 g/mol. The van der Waals surface area contributed by atoms with Gasteiger partial charge in [0.1, 0.15) is 5.76 Å². The summed E-state index contributed by atoms with van der Waals surface area (Å²) in [5.41, 5.74) is 1.03. The zero-order valence-electron chi connectivity index (χ0n) is 8.97. The third-order valence-electron chi connectivity index (χ3n) is 2.42. The summed E-state index contributed by atoms with van der Waals surface area (Å²) < 4.78 is 5.35. The Morgan fingerprint density at radius 3 is 2.56 bits per heavy atom. The molecule has 84 valence electrons. The lowest BCUT2D eigenvalue weighted by Crippen LogP contribution is -2.11. The Labute approximate surface area is 94.7 Å². The summed E-state index contributed by atoms with van der Waals surface area (Å²) >= 11 is 0. The summed E-state index contributed by atoms with van der Waals surface area (Å²) in [7, 11) is 0. The third-order valence-corrected chi connectivity index (χ3v) is 2.42. The SMILES string of the molecule is OCCC(Nc1ccccc1)c1ccco1. The fourth-order valence-electron chi connectivity index (χ4n) is 1.64. The van der Waals surface area contributed by atoms with Crippen LogP contribution in [0.5, 0.6) is 0 Å². The van der Waals surface area contributed by atoms with E-state index >= 15 is 0 Å². The van der Waals surface area contributed by atoms with E-state index in [1.54, 1.807) is 6.26 Å². The highest BCUT2D eigenvalue weighted by Crippen LogP contribution is 2.22. The van der Waals surface area contributed by atoms with Gasteiger partial charge in [-0.1, -0.05) is 18.2 Å². The molecule has 0 radical (unpaired) electrons. The minimum absolute atomic E-state index is 0.0161. The molecule has 0 amide bonds. The van der Waals surface area contributed by atoms with Crippen molar-refractivity contribution in [2.45, 2.75) is 12.5 Å². The number of aliphatic hydroxyl groups excluding tert-OH is 1. The van der Waals surface area contributed by atoms with Crippen LogP contribution in [0.15, 0.2) is 53.1 Å². The number of hydrogen-bond donors (Lipinski definition) is 2. The Kier molecular flexibility index (Phi) is 3.62. The Morgan fingerprint density at radius 2 is 1.94 bits per heavy atom. The number of anilines is 1. The number of aliphatic hydroxyl groups is 1. The quantitative estimate of drug-likeness (QED) is 0.809. The van der Waals surface area contributed by atoms with Crippen LogP contribution in [0.3, 0.4) is 0 Å². The molecule has 1 unspecified atom stereocenters. The van der Waals surface area contributed by atoms with Crippen LogP contribution in [-0.4, -0.2) is 11.7 Å². The van der Waals surface area contributed by atoms with Crippen molar-refractivity contribution in [2.75, 3.05) is 11.9 Å². The highest BCUT2D eigenvalue weighted by atomic mass is 16.3. The van der Waals surface area contributed by atoms with Crippen molar-refractivity contribution in [3.05, 3.63) is 54.5 Å². The van der Waals surface area contributed by atoms with Crippen LogP contribution in [0.1, 0.15) is 18.2 Å². The molecular formula is C13H15NO2. The molecule has 0 aliphatic carbocycles. The van der Waals surface area contributed by atoms with Crippen LogP contribution in [0, 0.1) is 0 Å². The average Bonchev–Trinajstić information content (AvgIpc) is 2.83. The van der Waals surface area contributed by atoms with Crippen LogP contribution < -0.4 is 5.32 Å². The van der Waals surface area contributed by atoms with Crippen molar-refractivity contribution in [2.24, 2.45) is 0 Å².